The van der Waals surface area contributed by atoms with Gasteiger partial charge in [-0.1, -0.05) is 5.21 Å². The van der Waals surface area contributed by atoms with Gasteiger partial charge in [-0.25, -0.2) is 8.42 Å². The van der Waals surface area contributed by atoms with Gasteiger partial charge in [0.1, 0.15) is 5.52 Å². The number of aromatic amines is 1. The molecule has 15 heavy (non-hydrogen) atoms. The SMILES string of the molecule is O=S(=O)(N[CH]O)c1ccc2nn[nH]c2c1. The molecule has 0 aliphatic rings. The van der Waals surface area contributed by atoms with Gasteiger partial charge in [0.25, 0.3) is 0 Å². The maximum atomic E-state index is 11.4. The van der Waals surface area contributed by atoms with Crippen LogP contribution in [0.25, 0.3) is 11.0 Å². The Labute approximate surface area is 85.2 Å². The molecule has 0 saturated carbocycles. The van der Waals surface area contributed by atoms with Gasteiger partial charge in [0, 0.05) is 0 Å². The number of benzene rings is 1. The Bertz CT molecular complexity index is 577. The maximum Gasteiger partial charge on any atom is 0.242 e. The summed E-state index contributed by atoms with van der Waals surface area (Å²) >= 11 is 0. The Morgan fingerprint density at radius 1 is 1.47 bits per heavy atom. The first-order valence-electron chi connectivity index (χ1n) is 3.92. The van der Waals surface area contributed by atoms with Crippen molar-refractivity contribution in [3.63, 3.8) is 0 Å². The molecule has 0 spiro atoms. The van der Waals surface area contributed by atoms with E-state index in [4.69, 9.17) is 5.11 Å². The van der Waals surface area contributed by atoms with E-state index >= 15 is 0 Å². The molecule has 0 amide bonds. The van der Waals surface area contributed by atoms with Crippen molar-refractivity contribution in [3.05, 3.63) is 24.9 Å². The average molecular weight is 227 g/mol. The van der Waals surface area contributed by atoms with Gasteiger partial charge in [0.15, 0.2) is 6.73 Å². The number of sulfonamides is 1. The number of aliphatic hydroxyl groups excluding tert-OH is 1. The van der Waals surface area contributed by atoms with Crippen LogP contribution in [-0.2, 0) is 10.0 Å². The van der Waals surface area contributed by atoms with E-state index in [-0.39, 0.29) is 4.90 Å². The molecule has 0 aliphatic heterocycles. The van der Waals surface area contributed by atoms with Crippen molar-refractivity contribution in [2.24, 2.45) is 0 Å². The van der Waals surface area contributed by atoms with Crippen molar-refractivity contribution < 1.29 is 13.5 Å². The van der Waals surface area contributed by atoms with Crippen LogP contribution in [0.4, 0.5) is 0 Å². The van der Waals surface area contributed by atoms with Crippen LogP contribution in [0.15, 0.2) is 23.1 Å². The molecule has 2 aromatic rings. The molecule has 1 heterocycles. The summed E-state index contributed by atoms with van der Waals surface area (Å²) in [5.74, 6) is 0. The summed E-state index contributed by atoms with van der Waals surface area (Å²) in [4.78, 5) is 0.0198. The molecule has 3 N–H and O–H groups in total. The molecule has 0 fully saturated rings. The van der Waals surface area contributed by atoms with Crippen LogP contribution in [0.1, 0.15) is 0 Å². The van der Waals surface area contributed by atoms with Gasteiger partial charge in [0.05, 0.1) is 10.4 Å². The zero-order chi connectivity index (χ0) is 10.9. The first-order valence-corrected chi connectivity index (χ1v) is 5.41. The lowest BCUT2D eigenvalue weighted by atomic mass is 10.3. The first kappa shape index (κ1) is 10.0. The second-order valence-corrected chi connectivity index (χ2v) is 4.46. The number of aliphatic hydroxyl groups is 1. The number of rotatable bonds is 3. The number of hydrogen-bond acceptors (Lipinski definition) is 5. The zero-order valence-corrected chi connectivity index (χ0v) is 8.19. The Morgan fingerprint density at radius 2 is 2.27 bits per heavy atom. The van der Waals surface area contributed by atoms with Crippen molar-refractivity contribution in [3.8, 4) is 0 Å². The molecule has 0 unspecified atom stereocenters. The summed E-state index contributed by atoms with van der Waals surface area (Å²) in [6.45, 7) is 0.366. The van der Waals surface area contributed by atoms with Gasteiger partial charge in [-0.2, -0.15) is 4.72 Å². The van der Waals surface area contributed by atoms with Crippen molar-refractivity contribution >= 4 is 21.1 Å². The van der Waals surface area contributed by atoms with Gasteiger partial charge >= 0.3 is 0 Å². The second kappa shape index (κ2) is 3.57. The third-order valence-corrected chi connectivity index (χ3v) is 3.10. The van der Waals surface area contributed by atoms with Crippen LogP contribution in [0.5, 0.6) is 0 Å². The lowest BCUT2D eigenvalue weighted by Crippen LogP contribution is -2.20. The Hall–Kier alpha value is -1.51. The van der Waals surface area contributed by atoms with Crippen molar-refractivity contribution in [2.45, 2.75) is 4.90 Å². The number of aromatic nitrogens is 3. The normalized spacial score (nSPS) is 12.1. The molecule has 1 aromatic heterocycles. The number of fused-ring (bicyclic) bond motifs is 1. The van der Waals surface area contributed by atoms with Gasteiger partial charge < -0.3 is 5.11 Å². The minimum Gasteiger partial charge on any atom is -0.373 e. The smallest absolute Gasteiger partial charge is 0.242 e. The minimum atomic E-state index is -3.71. The average Bonchev–Trinajstić information content (AvgIpc) is 2.63. The van der Waals surface area contributed by atoms with Crippen molar-refractivity contribution in [1.82, 2.24) is 20.1 Å². The highest BCUT2D eigenvalue weighted by atomic mass is 32.2. The summed E-state index contributed by atoms with van der Waals surface area (Å²) in [6, 6.07) is 4.27. The van der Waals surface area contributed by atoms with Crippen LogP contribution >= 0.6 is 0 Å². The molecular weight excluding hydrogens is 220 g/mol. The molecule has 0 bridgehead atoms. The summed E-state index contributed by atoms with van der Waals surface area (Å²) < 4.78 is 24.7. The Morgan fingerprint density at radius 3 is 3.00 bits per heavy atom. The predicted molar refractivity (Wildman–Crippen MR) is 50.4 cm³/mol. The predicted octanol–water partition coefficient (Wildman–Crippen LogP) is -0.272. The van der Waals surface area contributed by atoms with E-state index in [1.165, 1.54) is 18.2 Å². The first-order chi connectivity index (χ1) is 7.13. The van der Waals surface area contributed by atoms with E-state index in [2.05, 4.69) is 15.4 Å². The Balaban J connectivity index is 2.52. The number of H-pyrrole nitrogens is 1. The van der Waals surface area contributed by atoms with Crippen molar-refractivity contribution in [1.29, 1.82) is 0 Å². The lowest BCUT2D eigenvalue weighted by Gasteiger charge is -2.02. The molecule has 1 radical (unpaired) electrons. The van der Waals surface area contributed by atoms with E-state index in [0.29, 0.717) is 17.8 Å². The van der Waals surface area contributed by atoms with Gasteiger partial charge in [-0.05, 0) is 18.2 Å². The summed E-state index contributed by atoms with van der Waals surface area (Å²) in [7, 11) is -3.71. The molecule has 79 valence electrons. The lowest BCUT2D eigenvalue weighted by molar-refractivity contribution is 0.375. The third kappa shape index (κ3) is 1.82. The summed E-state index contributed by atoms with van der Waals surface area (Å²) in [5.41, 5.74) is 1.08. The standard InChI is InChI=1S/C7H7N4O3S/c12-4-8-15(13,14)5-1-2-6-7(3-5)10-11-9-6/h1-4,8,12H,(H,9,10,11). The van der Waals surface area contributed by atoms with E-state index in [9.17, 15) is 8.42 Å². The molecule has 1 aromatic carbocycles. The van der Waals surface area contributed by atoms with Gasteiger partial charge in [-0.15, -0.1) is 5.10 Å². The monoisotopic (exact) mass is 227 g/mol. The second-order valence-electron chi connectivity index (χ2n) is 2.74. The molecular formula is C7H7N4O3S. The summed E-state index contributed by atoms with van der Waals surface area (Å²) in [5, 5.41) is 18.2. The number of nitrogens with one attached hydrogen (secondary N) is 2. The minimum absolute atomic E-state index is 0.0198. The van der Waals surface area contributed by atoms with Crippen LogP contribution in [0.3, 0.4) is 0 Å². The maximum absolute atomic E-state index is 11.4. The topological polar surface area (TPSA) is 108 Å². The number of nitrogens with zero attached hydrogens (tertiary/aromatic N) is 2. The fraction of sp³-hybridized carbons (Fsp3) is 0. The highest BCUT2D eigenvalue weighted by Gasteiger charge is 2.14. The van der Waals surface area contributed by atoms with Crippen LogP contribution < -0.4 is 4.72 Å². The quantitative estimate of drug-likeness (QED) is 0.668. The van der Waals surface area contributed by atoms with Crippen LogP contribution in [0.2, 0.25) is 0 Å². The van der Waals surface area contributed by atoms with Gasteiger partial charge in [-0.3, -0.25) is 5.10 Å². The summed E-state index contributed by atoms with van der Waals surface area (Å²) in [6.07, 6.45) is 0. The molecule has 0 atom stereocenters. The fourth-order valence-corrected chi connectivity index (χ4v) is 1.92. The zero-order valence-electron chi connectivity index (χ0n) is 7.38. The van der Waals surface area contributed by atoms with Crippen LogP contribution in [-0.4, -0.2) is 28.9 Å². The molecule has 0 saturated heterocycles. The molecule has 8 heteroatoms. The van der Waals surface area contributed by atoms with E-state index in [0.717, 1.165) is 0 Å². The fourth-order valence-electron chi connectivity index (χ4n) is 1.13. The van der Waals surface area contributed by atoms with E-state index in [1.807, 2.05) is 4.72 Å². The third-order valence-electron chi connectivity index (χ3n) is 1.81. The largest absolute Gasteiger partial charge is 0.373 e. The molecule has 2 rings (SSSR count). The number of hydrogen-bond donors (Lipinski definition) is 3. The molecule has 7 nitrogen and oxygen atoms in total. The van der Waals surface area contributed by atoms with E-state index < -0.39 is 10.0 Å². The molecule has 0 aliphatic carbocycles. The highest BCUT2D eigenvalue weighted by Crippen LogP contribution is 2.14. The van der Waals surface area contributed by atoms with Crippen LogP contribution in [0, 0.1) is 6.73 Å². The van der Waals surface area contributed by atoms with E-state index in [1.54, 1.807) is 0 Å². The Kier molecular flexibility index (Phi) is 2.39. The highest BCUT2D eigenvalue weighted by molar-refractivity contribution is 7.89. The van der Waals surface area contributed by atoms with Crippen molar-refractivity contribution in [2.75, 3.05) is 0 Å². The van der Waals surface area contributed by atoms with Gasteiger partial charge in [0.2, 0.25) is 10.0 Å².